The molecular weight excluding hydrogens is 264 g/mol. The van der Waals surface area contributed by atoms with E-state index in [0.29, 0.717) is 5.92 Å². The Labute approximate surface area is 127 Å². The highest BCUT2D eigenvalue weighted by molar-refractivity contribution is 5.79. The van der Waals surface area contributed by atoms with Crippen LogP contribution in [0.25, 0.3) is 0 Å². The molecule has 0 saturated carbocycles. The number of methoxy groups -OCH3 is 1. The van der Waals surface area contributed by atoms with Gasteiger partial charge < -0.3 is 15.4 Å². The van der Waals surface area contributed by atoms with Crippen LogP contribution in [0.4, 0.5) is 0 Å². The second kappa shape index (κ2) is 7.46. The zero-order valence-electron chi connectivity index (χ0n) is 13.2. The van der Waals surface area contributed by atoms with Crippen LogP contribution in [0.2, 0.25) is 0 Å². The van der Waals surface area contributed by atoms with E-state index in [0.717, 1.165) is 37.2 Å². The molecule has 2 atom stereocenters. The average Bonchev–Trinajstić information content (AvgIpc) is 3.01. The third kappa shape index (κ3) is 4.21. The Balaban J connectivity index is 2.03. The van der Waals surface area contributed by atoms with Gasteiger partial charge >= 0.3 is 0 Å². The number of hydrogen-bond donors (Lipinski definition) is 2. The monoisotopic (exact) mass is 290 g/mol. The molecule has 1 aromatic rings. The SMILES string of the molecule is COc1ccccc1CC(NC(=O)C1CCNC1)C(C)C. The highest BCUT2D eigenvalue weighted by Gasteiger charge is 2.26. The van der Waals surface area contributed by atoms with Crippen molar-refractivity contribution in [1.29, 1.82) is 0 Å². The molecule has 1 fully saturated rings. The van der Waals surface area contributed by atoms with Crippen LogP contribution >= 0.6 is 0 Å². The van der Waals surface area contributed by atoms with Gasteiger partial charge in [-0.2, -0.15) is 0 Å². The van der Waals surface area contributed by atoms with Crippen LogP contribution in [0.3, 0.4) is 0 Å². The van der Waals surface area contributed by atoms with Crippen molar-refractivity contribution in [1.82, 2.24) is 10.6 Å². The normalized spacial score (nSPS) is 19.5. The summed E-state index contributed by atoms with van der Waals surface area (Å²) in [5.74, 6) is 1.56. The second-order valence-corrected chi connectivity index (χ2v) is 6.06. The number of ether oxygens (including phenoxy) is 1. The van der Waals surface area contributed by atoms with Crippen molar-refractivity contribution in [2.24, 2.45) is 11.8 Å². The van der Waals surface area contributed by atoms with Crippen LogP contribution in [0.15, 0.2) is 24.3 Å². The predicted octanol–water partition coefficient (Wildman–Crippen LogP) is 1.99. The van der Waals surface area contributed by atoms with Crippen molar-refractivity contribution in [3.63, 3.8) is 0 Å². The molecule has 1 aliphatic heterocycles. The molecule has 1 aromatic carbocycles. The number of hydrogen-bond acceptors (Lipinski definition) is 3. The molecule has 0 spiro atoms. The van der Waals surface area contributed by atoms with Crippen molar-refractivity contribution in [3.05, 3.63) is 29.8 Å². The first kappa shape index (κ1) is 15.8. The van der Waals surface area contributed by atoms with E-state index >= 15 is 0 Å². The van der Waals surface area contributed by atoms with Crippen LogP contribution in [-0.4, -0.2) is 32.1 Å². The third-order valence-corrected chi connectivity index (χ3v) is 4.20. The summed E-state index contributed by atoms with van der Waals surface area (Å²) in [5, 5.41) is 6.47. The molecule has 4 nitrogen and oxygen atoms in total. The molecule has 4 heteroatoms. The molecule has 1 aliphatic rings. The molecular formula is C17H26N2O2. The fourth-order valence-corrected chi connectivity index (χ4v) is 2.74. The molecule has 2 unspecified atom stereocenters. The molecule has 0 radical (unpaired) electrons. The minimum absolute atomic E-state index is 0.115. The molecule has 21 heavy (non-hydrogen) atoms. The Morgan fingerprint density at radius 1 is 1.43 bits per heavy atom. The fraction of sp³-hybridized carbons (Fsp3) is 0.588. The summed E-state index contributed by atoms with van der Waals surface area (Å²) in [5.41, 5.74) is 1.14. The van der Waals surface area contributed by atoms with Crippen LogP contribution in [0, 0.1) is 11.8 Å². The average molecular weight is 290 g/mol. The summed E-state index contributed by atoms with van der Waals surface area (Å²) in [4.78, 5) is 12.3. The van der Waals surface area contributed by atoms with Crippen LogP contribution in [-0.2, 0) is 11.2 Å². The predicted molar refractivity (Wildman–Crippen MR) is 84.4 cm³/mol. The maximum absolute atomic E-state index is 12.3. The van der Waals surface area contributed by atoms with Gasteiger partial charge in [-0.1, -0.05) is 32.0 Å². The molecule has 116 valence electrons. The Hall–Kier alpha value is -1.55. The summed E-state index contributed by atoms with van der Waals surface area (Å²) >= 11 is 0. The van der Waals surface area contributed by atoms with Crippen LogP contribution in [0.5, 0.6) is 5.75 Å². The van der Waals surface area contributed by atoms with E-state index in [4.69, 9.17) is 4.74 Å². The lowest BCUT2D eigenvalue weighted by Gasteiger charge is -2.25. The quantitative estimate of drug-likeness (QED) is 0.842. The van der Waals surface area contributed by atoms with E-state index in [1.807, 2.05) is 18.2 Å². The first-order chi connectivity index (χ1) is 10.1. The highest BCUT2D eigenvalue weighted by atomic mass is 16.5. The van der Waals surface area contributed by atoms with E-state index in [1.165, 1.54) is 0 Å². The maximum Gasteiger partial charge on any atom is 0.224 e. The molecule has 2 N–H and O–H groups in total. The Morgan fingerprint density at radius 3 is 2.81 bits per heavy atom. The van der Waals surface area contributed by atoms with Gasteiger partial charge in [-0.25, -0.2) is 0 Å². The molecule has 1 heterocycles. The van der Waals surface area contributed by atoms with Gasteiger partial charge in [-0.3, -0.25) is 4.79 Å². The van der Waals surface area contributed by atoms with Crippen molar-refractivity contribution in [2.75, 3.05) is 20.2 Å². The largest absolute Gasteiger partial charge is 0.496 e. The lowest BCUT2D eigenvalue weighted by atomic mass is 9.95. The number of para-hydroxylation sites is 1. The fourth-order valence-electron chi connectivity index (χ4n) is 2.74. The summed E-state index contributed by atoms with van der Waals surface area (Å²) in [6.07, 6.45) is 1.73. The Kier molecular flexibility index (Phi) is 5.62. The Morgan fingerprint density at radius 2 is 2.19 bits per heavy atom. The lowest BCUT2D eigenvalue weighted by molar-refractivity contribution is -0.125. The molecule has 0 aliphatic carbocycles. The minimum atomic E-state index is 0.115. The molecule has 1 saturated heterocycles. The number of rotatable bonds is 6. The molecule has 2 rings (SSSR count). The zero-order valence-corrected chi connectivity index (χ0v) is 13.2. The highest BCUT2D eigenvalue weighted by Crippen LogP contribution is 2.21. The van der Waals surface area contributed by atoms with Crippen molar-refractivity contribution in [3.8, 4) is 5.75 Å². The Bertz CT molecular complexity index is 468. The van der Waals surface area contributed by atoms with Gasteiger partial charge in [0, 0.05) is 12.6 Å². The standard InChI is InChI=1S/C17H26N2O2/c1-12(2)15(19-17(20)14-8-9-18-11-14)10-13-6-4-5-7-16(13)21-3/h4-7,12,14-15,18H,8-11H2,1-3H3,(H,19,20). The number of carbonyl (C=O) groups excluding carboxylic acids is 1. The second-order valence-electron chi connectivity index (χ2n) is 6.06. The summed E-state index contributed by atoms with van der Waals surface area (Å²) in [6.45, 7) is 6.03. The van der Waals surface area contributed by atoms with E-state index in [2.05, 4.69) is 30.5 Å². The van der Waals surface area contributed by atoms with Gasteiger partial charge in [0.1, 0.15) is 5.75 Å². The number of nitrogens with one attached hydrogen (secondary N) is 2. The summed E-state index contributed by atoms with van der Waals surface area (Å²) in [6, 6.07) is 8.15. The summed E-state index contributed by atoms with van der Waals surface area (Å²) in [7, 11) is 1.69. The smallest absolute Gasteiger partial charge is 0.224 e. The van der Waals surface area contributed by atoms with Crippen LogP contribution in [0.1, 0.15) is 25.8 Å². The van der Waals surface area contributed by atoms with Gasteiger partial charge in [0.25, 0.3) is 0 Å². The molecule has 1 amide bonds. The number of benzene rings is 1. The molecule has 0 bridgehead atoms. The zero-order chi connectivity index (χ0) is 15.2. The van der Waals surface area contributed by atoms with Gasteiger partial charge in [0.05, 0.1) is 13.0 Å². The minimum Gasteiger partial charge on any atom is -0.496 e. The lowest BCUT2D eigenvalue weighted by Crippen LogP contribution is -2.43. The van der Waals surface area contributed by atoms with Gasteiger partial charge in [0.2, 0.25) is 5.91 Å². The van der Waals surface area contributed by atoms with Crippen LogP contribution < -0.4 is 15.4 Å². The first-order valence-corrected chi connectivity index (χ1v) is 7.74. The number of carbonyl (C=O) groups is 1. The van der Waals surface area contributed by atoms with E-state index in [-0.39, 0.29) is 17.9 Å². The van der Waals surface area contributed by atoms with Crippen molar-refractivity contribution >= 4 is 5.91 Å². The third-order valence-electron chi connectivity index (χ3n) is 4.20. The van der Waals surface area contributed by atoms with E-state index in [9.17, 15) is 4.79 Å². The van der Waals surface area contributed by atoms with Gasteiger partial charge in [-0.05, 0) is 36.9 Å². The molecule has 0 aromatic heterocycles. The van der Waals surface area contributed by atoms with Gasteiger partial charge in [-0.15, -0.1) is 0 Å². The van der Waals surface area contributed by atoms with E-state index < -0.39 is 0 Å². The number of amides is 1. The topological polar surface area (TPSA) is 50.4 Å². The van der Waals surface area contributed by atoms with E-state index in [1.54, 1.807) is 7.11 Å². The van der Waals surface area contributed by atoms with Crippen molar-refractivity contribution in [2.45, 2.75) is 32.7 Å². The van der Waals surface area contributed by atoms with Crippen molar-refractivity contribution < 1.29 is 9.53 Å². The summed E-state index contributed by atoms with van der Waals surface area (Å²) < 4.78 is 5.41. The first-order valence-electron chi connectivity index (χ1n) is 7.74. The maximum atomic E-state index is 12.3. The van der Waals surface area contributed by atoms with Gasteiger partial charge in [0.15, 0.2) is 0 Å².